The molecular weight excluding hydrogens is 368 g/mol. The van der Waals surface area contributed by atoms with Crippen molar-refractivity contribution in [3.8, 4) is 5.75 Å². The van der Waals surface area contributed by atoms with Crippen LogP contribution in [-0.2, 0) is 10.1 Å². The second-order valence-corrected chi connectivity index (χ2v) is 4.72. The van der Waals surface area contributed by atoms with Gasteiger partial charge in [-0.05, 0) is 22.0 Å². The molecule has 1 N–H and O–H groups in total. The summed E-state index contributed by atoms with van der Waals surface area (Å²) >= 11 is 2.94. The van der Waals surface area contributed by atoms with Gasteiger partial charge in [-0.2, -0.15) is 8.42 Å². The minimum Gasteiger partial charge on any atom is -1.00 e. The number of hydrogen-bond acceptors (Lipinski definition) is 4. The zero-order valence-corrected chi connectivity index (χ0v) is 11.9. The Kier molecular flexibility index (Phi) is 5.34. The molecule has 0 saturated carbocycles. The van der Waals surface area contributed by atoms with Crippen LogP contribution in [0.3, 0.4) is 0 Å². The number of halogens is 2. The molecule has 0 aliphatic rings. The quantitative estimate of drug-likeness (QED) is 0.541. The molecule has 0 atom stereocenters. The van der Waals surface area contributed by atoms with Gasteiger partial charge in [0.05, 0.1) is 7.11 Å². The van der Waals surface area contributed by atoms with Gasteiger partial charge in [-0.1, -0.05) is 0 Å². The van der Waals surface area contributed by atoms with E-state index < -0.39 is 15.0 Å². The van der Waals surface area contributed by atoms with Crippen LogP contribution < -0.4 is 21.7 Å². The minimum absolute atomic E-state index is 0. The lowest BCUT2D eigenvalue weighted by Crippen LogP contribution is -3.00. The average Bonchev–Trinajstić information content (AvgIpc) is 2.15. The highest BCUT2D eigenvalue weighted by Gasteiger charge is 2.29. The Morgan fingerprint density at radius 2 is 2.06 bits per heavy atom. The first kappa shape index (κ1) is 15.3. The first-order chi connectivity index (χ1) is 6.91. The van der Waals surface area contributed by atoms with Gasteiger partial charge in [0.25, 0.3) is 10.1 Å². The van der Waals surface area contributed by atoms with E-state index in [0.717, 1.165) is 0 Å². The lowest BCUT2D eigenvalue weighted by molar-refractivity contribution is -0.00000774. The van der Waals surface area contributed by atoms with Crippen LogP contribution >= 0.6 is 15.9 Å². The summed E-state index contributed by atoms with van der Waals surface area (Å²) in [5.74, 6) is -0.227. The van der Waals surface area contributed by atoms with Gasteiger partial charge in [0.1, 0.15) is 0 Å². The van der Waals surface area contributed by atoms with Crippen LogP contribution in [0.5, 0.6) is 5.75 Å². The maximum Gasteiger partial charge on any atom is 0.427 e. The standard InChI is InChI=1S/C7H5BrN2O4S.BrH/c1-14-6-5(10-9)3-2-4(8)7(6)15(11,12)13;/h2-3H,1H3;1H. The van der Waals surface area contributed by atoms with E-state index in [9.17, 15) is 8.42 Å². The van der Waals surface area contributed by atoms with E-state index in [4.69, 9.17) is 14.7 Å². The number of ether oxygens (including phenoxy) is 1. The van der Waals surface area contributed by atoms with E-state index in [1.165, 1.54) is 19.2 Å². The Morgan fingerprint density at radius 3 is 2.44 bits per heavy atom. The molecule has 0 aliphatic carbocycles. The van der Waals surface area contributed by atoms with Crippen molar-refractivity contribution in [3.05, 3.63) is 21.6 Å². The smallest absolute Gasteiger partial charge is 0.427 e. The molecule has 88 valence electrons. The van der Waals surface area contributed by atoms with Crippen LogP contribution in [-0.4, -0.2) is 20.1 Å². The summed E-state index contributed by atoms with van der Waals surface area (Å²) in [4.78, 5) is 2.36. The first-order valence-corrected chi connectivity index (χ1v) is 5.84. The fraction of sp³-hybridized carbons (Fsp3) is 0.143. The number of methoxy groups -OCH3 is 1. The number of benzene rings is 1. The summed E-state index contributed by atoms with van der Waals surface area (Å²) in [5, 5.41) is 8.58. The third-order valence-corrected chi connectivity index (χ3v) is 3.46. The Morgan fingerprint density at radius 1 is 1.50 bits per heavy atom. The molecule has 1 rings (SSSR count). The number of hydrogen-bond donors (Lipinski definition) is 1. The predicted octanol–water partition coefficient (Wildman–Crippen LogP) is -0.807. The lowest BCUT2D eigenvalue weighted by atomic mass is 10.3. The molecule has 0 radical (unpaired) electrons. The average molecular weight is 374 g/mol. The predicted molar refractivity (Wildman–Crippen MR) is 55.3 cm³/mol. The van der Waals surface area contributed by atoms with Crippen molar-refractivity contribution >= 4 is 31.7 Å². The Balaban J connectivity index is 0.00000225. The van der Waals surface area contributed by atoms with Gasteiger partial charge in [-0.15, -0.1) is 0 Å². The van der Waals surface area contributed by atoms with Gasteiger partial charge in [-0.3, -0.25) is 4.55 Å². The van der Waals surface area contributed by atoms with Crippen LogP contribution in [0.15, 0.2) is 21.5 Å². The van der Waals surface area contributed by atoms with Gasteiger partial charge < -0.3 is 21.7 Å². The largest absolute Gasteiger partial charge is 1.00 e. The summed E-state index contributed by atoms with van der Waals surface area (Å²) in [6, 6.07) is 2.65. The molecule has 0 spiro atoms. The van der Waals surface area contributed by atoms with Crippen LogP contribution in [0.4, 0.5) is 5.69 Å². The fourth-order valence-corrected chi connectivity index (χ4v) is 2.71. The molecule has 0 saturated heterocycles. The third-order valence-electron chi connectivity index (χ3n) is 1.61. The van der Waals surface area contributed by atoms with Crippen LogP contribution in [0, 0.1) is 5.39 Å². The number of diazo groups is 1. The summed E-state index contributed by atoms with van der Waals surface area (Å²) in [6.07, 6.45) is 0. The molecule has 0 fully saturated rings. The van der Waals surface area contributed by atoms with E-state index >= 15 is 0 Å². The maximum absolute atomic E-state index is 11.0. The molecule has 0 heterocycles. The van der Waals surface area contributed by atoms with Gasteiger partial charge in [-0.25, -0.2) is 0 Å². The number of rotatable bonds is 2. The number of nitrogens with zero attached hydrogens (tertiary/aromatic N) is 2. The molecule has 0 bridgehead atoms. The molecule has 16 heavy (non-hydrogen) atoms. The molecule has 0 unspecified atom stereocenters. The minimum atomic E-state index is -4.45. The van der Waals surface area contributed by atoms with Gasteiger partial charge in [0.2, 0.25) is 11.1 Å². The summed E-state index contributed by atoms with van der Waals surface area (Å²) in [6.45, 7) is 0. The van der Waals surface area contributed by atoms with Crippen molar-refractivity contribution in [3.63, 3.8) is 0 Å². The normalized spacial score (nSPS) is 10.1. The van der Waals surface area contributed by atoms with Crippen LogP contribution in [0.1, 0.15) is 0 Å². The van der Waals surface area contributed by atoms with E-state index in [1.54, 1.807) is 0 Å². The van der Waals surface area contributed by atoms with Crippen molar-refractivity contribution in [1.82, 2.24) is 0 Å². The Bertz CT molecular complexity index is 538. The van der Waals surface area contributed by atoms with E-state index in [1.807, 2.05) is 0 Å². The van der Waals surface area contributed by atoms with Crippen molar-refractivity contribution in [2.45, 2.75) is 4.90 Å². The second kappa shape index (κ2) is 5.58. The van der Waals surface area contributed by atoms with Crippen LogP contribution in [0.2, 0.25) is 0 Å². The summed E-state index contributed by atoms with van der Waals surface area (Å²) in [7, 11) is -3.25. The fourth-order valence-electron chi connectivity index (χ4n) is 1.04. The van der Waals surface area contributed by atoms with Gasteiger partial charge >= 0.3 is 5.69 Å². The van der Waals surface area contributed by atoms with E-state index in [-0.39, 0.29) is 32.9 Å². The molecule has 0 aliphatic heterocycles. The maximum atomic E-state index is 11.0. The van der Waals surface area contributed by atoms with Crippen molar-refractivity contribution in [2.24, 2.45) is 0 Å². The van der Waals surface area contributed by atoms with Crippen molar-refractivity contribution in [2.75, 3.05) is 7.11 Å². The van der Waals surface area contributed by atoms with E-state index in [2.05, 4.69) is 20.9 Å². The molecular formula is C7H6Br2N2O4S. The first-order valence-electron chi connectivity index (χ1n) is 3.61. The lowest BCUT2D eigenvalue weighted by Gasteiger charge is -2.04. The zero-order chi connectivity index (χ0) is 11.6. The van der Waals surface area contributed by atoms with Crippen molar-refractivity contribution < 1.29 is 34.7 Å². The highest BCUT2D eigenvalue weighted by molar-refractivity contribution is 9.10. The molecule has 9 heteroatoms. The highest BCUT2D eigenvalue weighted by atomic mass is 79.9. The SMILES string of the molecule is COc1c([N+]#N)ccc(Br)c1S(=O)(=O)O.[Br-]. The van der Waals surface area contributed by atoms with Gasteiger partial charge in [0.15, 0.2) is 9.87 Å². The Labute approximate surface area is 111 Å². The third kappa shape index (κ3) is 2.91. The second-order valence-electron chi connectivity index (χ2n) is 2.50. The molecule has 6 nitrogen and oxygen atoms in total. The molecule has 1 aromatic rings. The zero-order valence-electron chi connectivity index (χ0n) is 7.89. The summed E-state index contributed by atoms with van der Waals surface area (Å²) in [5.41, 5.74) is -0.0895. The van der Waals surface area contributed by atoms with Crippen LogP contribution in [0.25, 0.3) is 4.98 Å². The van der Waals surface area contributed by atoms with Crippen molar-refractivity contribution in [1.29, 1.82) is 5.39 Å². The summed E-state index contributed by atoms with van der Waals surface area (Å²) < 4.78 is 35.9. The molecule has 0 amide bonds. The Hall–Kier alpha value is -0.690. The molecule has 0 aromatic heterocycles. The molecule has 1 aromatic carbocycles. The topological polar surface area (TPSA) is 91.8 Å². The van der Waals surface area contributed by atoms with Gasteiger partial charge in [0, 0.05) is 10.5 Å². The highest BCUT2D eigenvalue weighted by Crippen LogP contribution is 2.39. The van der Waals surface area contributed by atoms with E-state index in [0.29, 0.717) is 0 Å². The monoisotopic (exact) mass is 372 g/mol.